The van der Waals surface area contributed by atoms with E-state index in [2.05, 4.69) is 40.2 Å². The number of aliphatic imine (C=N–C) groups is 1. The second kappa shape index (κ2) is 10.3. The van der Waals surface area contributed by atoms with Crippen molar-refractivity contribution in [3.8, 4) is 0 Å². The molecular formula is C22H27N5O2. The van der Waals surface area contributed by atoms with E-state index < -0.39 is 0 Å². The van der Waals surface area contributed by atoms with Gasteiger partial charge in [0.2, 0.25) is 5.91 Å². The molecular weight excluding hydrogens is 366 g/mol. The van der Waals surface area contributed by atoms with Gasteiger partial charge in [0.1, 0.15) is 0 Å². The highest BCUT2D eigenvalue weighted by Crippen LogP contribution is 2.24. The van der Waals surface area contributed by atoms with Crippen molar-refractivity contribution in [2.24, 2.45) is 4.99 Å². The van der Waals surface area contributed by atoms with Gasteiger partial charge in [0.05, 0.1) is 13.1 Å². The molecule has 1 fully saturated rings. The van der Waals surface area contributed by atoms with Crippen LogP contribution in [0.5, 0.6) is 0 Å². The highest BCUT2D eigenvalue weighted by Gasteiger charge is 2.27. The van der Waals surface area contributed by atoms with Crippen LogP contribution in [0.25, 0.3) is 0 Å². The second-order valence-corrected chi connectivity index (χ2v) is 6.72. The molecule has 29 heavy (non-hydrogen) atoms. The van der Waals surface area contributed by atoms with Gasteiger partial charge in [-0.05, 0) is 18.1 Å². The van der Waals surface area contributed by atoms with Crippen LogP contribution >= 0.6 is 0 Å². The Morgan fingerprint density at radius 1 is 1.03 bits per heavy atom. The molecule has 0 aliphatic carbocycles. The Balaban J connectivity index is 1.67. The summed E-state index contributed by atoms with van der Waals surface area (Å²) in [4.78, 5) is 29.3. The molecule has 0 bridgehead atoms. The van der Waals surface area contributed by atoms with E-state index >= 15 is 0 Å². The molecule has 2 aromatic rings. The maximum Gasteiger partial charge on any atom is 0.324 e. The van der Waals surface area contributed by atoms with Crippen LogP contribution in [0.2, 0.25) is 0 Å². The van der Waals surface area contributed by atoms with E-state index in [-0.39, 0.29) is 24.4 Å². The lowest BCUT2D eigenvalue weighted by atomic mass is 9.91. The molecule has 0 atom stereocenters. The number of carbonyl (C=O) groups excluding carboxylic acids is 2. The van der Waals surface area contributed by atoms with E-state index in [4.69, 9.17) is 4.99 Å². The zero-order valence-corrected chi connectivity index (χ0v) is 16.6. The molecule has 1 saturated heterocycles. The molecule has 0 saturated carbocycles. The molecule has 0 unspecified atom stereocenters. The van der Waals surface area contributed by atoms with E-state index in [1.165, 1.54) is 16.0 Å². The predicted molar refractivity (Wildman–Crippen MR) is 114 cm³/mol. The molecule has 7 nitrogen and oxygen atoms in total. The zero-order valence-electron chi connectivity index (χ0n) is 16.6. The summed E-state index contributed by atoms with van der Waals surface area (Å²) in [6, 6.07) is 20.3. The largest absolute Gasteiger partial charge is 0.357 e. The number of urea groups is 1. The van der Waals surface area contributed by atoms with Crippen LogP contribution in [0.1, 0.15) is 24.0 Å². The number of amides is 3. The monoisotopic (exact) mass is 393 g/mol. The molecule has 1 heterocycles. The average molecular weight is 393 g/mol. The third kappa shape index (κ3) is 5.57. The molecule has 7 heteroatoms. The molecule has 152 valence electrons. The Morgan fingerprint density at radius 3 is 2.17 bits per heavy atom. The number of nitrogens with zero attached hydrogens (tertiary/aromatic N) is 2. The highest BCUT2D eigenvalue weighted by molar-refractivity contribution is 6.01. The molecule has 2 aromatic carbocycles. The van der Waals surface area contributed by atoms with Gasteiger partial charge < -0.3 is 16.0 Å². The summed E-state index contributed by atoms with van der Waals surface area (Å²) in [6.07, 6.45) is 0. The van der Waals surface area contributed by atoms with Gasteiger partial charge in [-0.25, -0.2) is 4.79 Å². The molecule has 0 radical (unpaired) electrons. The van der Waals surface area contributed by atoms with Crippen LogP contribution in [-0.4, -0.2) is 55.5 Å². The summed E-state index contributed by atoms with van der Waals surface area (Å²) in [6.45, 7) is 4.11. The number of rotatable bonds is 8. The van der Waals surface area contributed by atoms with E-state index in [1.54, 1.807) is 0 Å². The minimum absolute atomic E-state index is 0.0722. The van der Waals surface area contributed by atoms with Crippen molar-refractivity contribution in [2.75, 3.05) is 32.7 Å². The third-order valence-electron chi connectivity index (χ3n) is 4.74. The van der Waals surface area contributed by atoms with Gasteiger partial charge in [-0.2, -0.15) is 0 Å². The fourth-order valence-electron chi connectivity index (χ4n) is 3.27. The number of guanidine groups is 1. The third-order valence-corrected chi connectivity index (χ3v) is 4.74. The number of carbonyl (C=O) groups is 2. The Morgan fingerprint density at radius 2 is 1.66 bits per heavy atom. The fourth-order valence-corrected chi connectivity index (χ4v) is 3.27. The van der Waals surface area contributed by atoms with Gasteiger partial charge in [-0.3, -0.25) is 14.7 Å². The second-order valence-electron chi connectivity index (χ2n) is 6.72. The molecule has 1 aliphatic heterocycles. The minimum atomic E-state index is -0.341. The Labute approximate surface area is 171 Å². The first-order valence-electron chi connectivity index (χ1n) is 9.89. The summed E-state index contributed by atoms with van der Waals surface area (Å²) >= 11 is 0. The molecule has 0 aromatic heterocycles. The van der Waals surface area contributed by atoms with Crippen LogP contribution in [-0.2, 0) is 4.79 Å². The van der Waals surface area contributed by atoms with Crippen molar-refractivity contribution in [1.82, 2.24) is 20.9 Å². The first-order valence-corrected chi connectivity index (χ1v) is 9.89. The SMILES string of the molecule is CCNC(=NCC(c1ccccc1)c1ccccc1)NCCN1C(=O)CNC1=O. The normalized spacial score (nSPS) is 14.3. The molecule has 3 N–H and O–H groups in total. The number of hydrogen-bond acceptors (Lipinski definition) is 3. The number of benzene rings is 2. The van der Waals surface area contributed by atoms with Crippen LogP contribution < -0.4 is 16.0 Å². The molecule has 1 aliphatic rings. The van der Waals surface area contributed by atoms with Crippen molar-refractivity contribution in [1.29, 1.82) is 0 Å². The smallest absolute Gasteiger partial charge is 0.324 e. The Bertz CT molecular complexity index is 783. The van der Waals surface area contributed by atoms with Crippen molar-refractivity contribution < 1.29 is 9.59 Å². The zero-order chi connectivity index (χ0) is 20.5. The van der Waals surface area contributed by atoms with E-state index in [1.807, 2.05) is 43.3 Å². The topological polar surface area (TPSA) is 85.8 Å². The van der Waals surface area contributed by atoms with Crippen molar-refractivity contribution >= 4 is 17.9 Å². The van der Waals surface area contributed by atoms with Gasteiger partial charge in [0.25, 0.3) is 0 Å². The first-order chi connectivity index (χ1) is 14.2. The van der Waals surface area contributed by atoms with Crippen LogP contribution in [0.15, 0.2) is 65.7 Å². The van der Waals surface area contributed by atoms with Gasteiger partial charge in [0, 0.05) is 25.6 Å². The van der Waals surface area contributed by atoms with Crippen molar-refractivity contribution in [3.05, 3.63) is 71.8 Å². The summed E-state index contributed by atoms with van der Waals surface area (Å²) in [7, 11) is 0. The van der Waals surface area contributed by atoms with Crippen LogP contribution in [0.3, 0.4) is 0 Å². The molecule has 3 rings (SSSR count). The van der Waals surface area contributed by atoms with Crippen LogP contribution in [0.4, 0.5) is 4.79 Å². The first kappa shape index (κ1) is 20.4. The van der Waals surface area contributed by atoms with E-state index in [0.29, 0.717) is 25.6 Å². The lowest BCUT2D eigenvalue weighted by Crippen LogP contribution is -2.43. The van der Waals surface area contributed by atoms with Crippen LogP contribution in [0, 0.1) is 0 Å². The molecule has 0 spiro atoms. The van der Waals surface area contributed by atoms with Gasteiger partial charge >= 0.3 is 6.03 Å². The van der Waals surface area contributed by atoms with E-state index in [9.17, 15) is 9.59 Å². The van der Waals surface area contributed by atoms with Gasteiger partial charge in [-0.1, -0.05) is 60.7 Å². The Hall–Kier alpha value is -3.35. The maximum atomic E-state index is 11.7. The summed E-state index contributed by atoms with van der Waals surface area (Å²) < 4.78 is 0. The number of hydrogen-bond donors (Lipinski definition) is 3. The van der Waals surface area contributed by atoms with Gasteiger partial charge in [0.15, 0.2) is 5.96 Å². The van der Waals surface area contributed by atoms with Gasteiger partial charge in [-0.15, -0.1) is 0 Å². The average Bonchev–Trinajstić information content (AvgIpc) is 3.07. The summed E-state index contributed by atoms with van der Waals surface area (Å²) in [5, 5.41) is 8.96. The quantitative estimate of drug-likeness (QED) is 0.363. The fraction of sp³-hybridized carbons (Fsp3) is 0.318. The summed E-state index contributed by atoms with van der Waals surface area (Å²) in [5.41, 5.74) is 2.41. The lowest BCUT2D eigenvalue weighted by Gasteiger charge is -2.18. The number of imide groups is 1. The number of nitrogens with one attached hydrogen (secondary N) is 3. The lowest BCUT2D eigenvalue weighted by molar-refractivity contribution is -0.124. The summed E-state index contributed by atoms with van der Waals surface area (Å²) in [5.74, 6) is 0.599. The minimum Gasteiger partial charge on any atom is -0.357 e. The van der Waals surface area contributed by atoms with E-state index in [0.717, 1.165) is 6.54 Å². The predicted octanol–water partition coefficient (Wildman–Crippen LogP) is 1.93. The molecule has 3 amide bonds. The van der Waals surface area contributed by atoms with Crippen molar-refractivity contribution in [3.63, 3.8) is 0 Å². The highest BCUT2D eigenvalue weighted by atomic mass is 16.2. The standard InChI is InChI=1S/C22H27N5O2/c1-2-23-21(24-13-14-27-20(28)16-26-22(27)29)25-15-19(17-9-5-3-6-10-17)18-11-7-4-8-12-18/h3-12,19H,2,13-16H2,1H3,(H,26,29)(H2,23,24,25). The Kier molecular flexibility index (Phi) is 7.22. The maximum absolute atomic E-state index is 11.7. The van der Waals surface area contributed by atoms with Crippen molar-refractivity contribution in [2.45, 2.75) is 12.8 Å².